The first-order chi connectivity index (χ1) is 11.9. The molecule has 8 heteroatoms. The first-order valence-electron chi connectivity index (χ1n) is 8.63. The monoisotopic (exact) mass is 372 g/mol. The van der Waals surface area contributed by atoms with E-state index in [1.54, 1.807) is 4.90 Å². The Bertz CT molecular complexity index is 720. The number of piperazine rings is 1. The van der Waals surface area contributed by atoms with Crippen LogP contribution in [0, 0.1) is 17.6 Å². The van der Waals surface area contributed by atoms with E-state index in [-0.39, 0.29) is 24.9 Å². The summed E-state index contributed by atoms with van der Waals surface area (Å²) < 4.78 is 53.0. The Labute approximate surface area is 146 Å². The fourth-order valence-corrected chi connectivity index (χ4v) is 5.05. The molecule has 0 spiro atoms. The topological polar surface area (TPSA) is 57.7 Å². The fraction of sp³-hybridized carbons (Fsp3) is 0.588. The second-order valence-electron chi connectivity index (χ2n) is 6.67. The van der Waals surface area contributed by atoms with Gasteiger partial charge in [0.1, 0.15) is 11.6 Å². The number of carbonyl (C=O) groups is 1. The lowest BCUT2D eigenvalue weighted by atomic mass is 9.88. The van der Waals surface area contributed by atoms with E-state index in [1.807, 2.05) is 0 Å². The summed E-state index contributed by atoms with van der Waals surface area (Å²) in [5.74, 6) is -1.70. The maximum absolute atomic E-state index is 13.3. The van der Waals surface area contributed by atoms with Crippen molar-refractivity contribution in [3.05, 3.63) is 29.8 Å². The molecule has 2 aliphatic rings. The van der Waals surface area contributed by atoms with Crippen molar-refractivity contribution < 1.29 is 22.0 Å². The summed E-state index contributed by atoms with van der Waals surface area (Å²) in [6.07, 6.45) is 5.10. The van der Waals surface area contributed by atoms with Gasteiger partial charge >= 0.3 is 0 Å². The quantitative estimate of drug-likeness (QED) is 0.819. The molecule has 1 amide bonds. The number of halogens is 2. The highest BCUT2D eigenvalue weighted by atomic mass is 32.2. The summed E-state index contributed by atoms with van der Waals surface area (Å²) in [6.45, 7) is 0.899. The van der Waals surface area contributed by atoms with Gasteiger partial charge in [-0.2, -0.15) is 4.31 Å². The zero-order chi connectivity index (χ0) is 18.0. The predicted molar refractivity (Wildman–Crippen MR) is 88.3 cm³/mol. The molecule has 1 aliphatic carbocycles. The molecule has 3 rings (SSSR count). The lowest BCUT2D eigenvalue weighted by Gasteiger charge is -2.36. The van der Waals surface area contributed by atoms with Crippen molar-refractivity contribution in [3.63, 3.8) is 0 Å². The highest BCUT2D eigenvalue weighted by Crippen LogP contribution is 2.26. The van der Waals surface area contributed by atoms with E-state index < -0.39 is 26.6 Å². The molecule has 0 unspecified atom stereocenters. The smallest absolute Gasteiger partial charge is 0.243 e. The van der Waals surface area contributed by atoms with Crippen LogP contribution >= 0.6 is 0 Å². The number of hydrogen-bond donors (Lipinski definition) is 0. The maximum atomic E-state index is 13.3. The Morgan fingerprint density at radius 3 is 2.04 bits per heavy atom. The molecule has 1 saturated carbocycles. The summed E-state index contributed by atoms with van der Waals surface area (Å²) in [5, 5.41) is 0. The normalized spacial score (nSPS) is 20.6. The summed E-state index contributed by atoms with van der Waals surface area (Å²) in [4.78, 5) is 13.9. The van der Waals surface area contributed by atoms with E-state index in [4.69, 9.17) is 0 Å². The third-order valence-corrected chi connectivity index (χ3v) is 6.85. The molecule has 138 valence electrons. The van der Waals surface area contributed by atoms with Crippen molar-refractivity contribution in [1.29, 1.82) is 0 Å². The van der Waals surface area contributed by atoms with Gasteiger partial charge in [-0.15, -0.1) is 0 Å². The molecular weight excluding hydrogens is 350 g/mol. The molecule has 0 N–H and O–H groups in total. The van der Waals surface area contributed by atoms with Gasteiger partial charge in [0, 0.05) is 38.2 Å². The first kappa shape index (κ1) is 18.3. The van der Waals surface area contributed by atoms with Gasteiger partial charge in [-0.05, 0) is 25.0 Å². The summed E-state index contributed by atoms with van der Waals surface area (Å²) in [6, 6.07) is 2.27. The van der Waals surface area contributed by atoms with E-state index >= 15 is 0 Å². The highest BCUT2D eigenvalue weighted by Gasteiger charge is 2.33. The van der Waals surface area contributed by atoms with Crippen molar-refractivity contribution >= 4 is 15.9 Å². The van der Waals surface area contributed by atoms with Crippen LogP contribution in [0.15, 0.2) is 23.1 Å². The standard InChI is InChI=1S/C17H22F2N2O3S/c18-14-10-15(19)12-16(11-14)25(23,24)21-8-6-20(7-9-21)17(22)13-4-2-1-3-5-13/h10-13H,1-9H2. The van der Waals surface area contributed by atoms with Crippen LogP contribution in [0.1, 0.15) is 32.1 Å². The minimum absolute atomic E-state index is 0.0502. The molecule has 1 aromatic carbocycles. The summed E-state index contributed by atoms with van der Waals surface area (Å²) in [5.41, 5.74) is 0. The SMILES string of the molecule is O=C(C1CCCCC1)N1CCN(S(=O)(=O)c2cc(F)cc(F)c2)CC1. The van der Waals surface area contributed by atoms with E-state index in [2.05, 4.69) is 0 Å². The molecule has 0 aromatic heterocycles. The average Bonchev–Trinajstić information content (AvgIpc) is 2.61. The van der Waals surface area contributed by atoms with Gasteiger partial charge in [-0.3, -0.25) is 4.79 Å². The van der Waals surface area contributed by atoms with E-state index in [0.717, 1.165) is 37.8 Å². The van der Waals surface area contributed by atoms with Crippen LogP contribution in [-0.2, 0) is 14.8 Å². The zero-order valence-corrected chi connectivity index (χ0v) is 14.8. The average molecular weight is 372 g/mol. The summed E-state index contributed by atoms with van der Waals surface area (Å²) >= 11 is 0. The van der Waals surface area contributed by atoms with Crippen LogP contribution in [0.4, 0.5) is 8.78 Å². The second kappa shape index (κ2) is 7.37. The van der Waals surface area contributed by atoms with Gasteiger partial charge in [-0.25, -0.2) is 17.2 Å². The van der Waals surface area contributed by atoms with Crippen LogP contribution in [-0.4, -0.2) is 49.7 Å². The predicted octanol–water partition coefficient (Wildman–Crippen LogP) is 2.38. The summed E-state index contributed by atoms with van der Waals surface area (Å²) in [7, 11) is -3.97. The molecule has 1 saturated heterocycles. The van der Waals surface area contributed by atoms with Gasteiger partial charge in [0.15, 0.2) is 0 Å². The minimum atomic E-state index is -3.97. The number of amides is 1. The number of benzene rings is 1. The van der Waals surface area contributed by atoms with Gasteiger partial charge < -0.3 is 4.90 Å². The molecule has 0 bridgehead atoms. The van der Waals surface area contributed by atoms with Crippen LogP contribution in [0.25, 0.3) is 0 Å². The molecule has 1 heterocycles. The number of sulfonamides is 1. The van der Waals surface area contributed by atoms with E-state index in [9.17, 15) is 22.0 Å². The molecule has 1 aromatic rings. The van der Waals surface area contributed by atoms with Crippen molar-refractivity contribution in [2.75, 3.05) is 26.2 Å². The lowest BCUT2D eigenvalue weighted by molar-refractivity contribution is -0.137. The highest BCUT2D eigenvalue weighted by molar-refractivity contribution is 7.89. The molecule has 0 radical (unpaired) electrons. The first-order valence-corrected chi connectivity index (χ1v) is 10.1. The van der Waals surface area contributed by atoms with Crippen LogP contribution in [0.2, 0.25) is 0 Å². The number of hydrogen-bond acceptors (Lipinski definition) is 3. The van der Waals surface area contributed by atoms with Gasteiger partial charge in [-0.1, -0.05) is 19.3 Å². The van der Waals surface area contributed by atoms with Gasteiger partial charge in [0.2, 0.25) is 15.9 Å². The number of rotatable bonds is 3. The molecule has 2 fully saturated rings. The molecule has 25 heavy (non-hydrogen) atoms. The van der Waals surface area contributed by atoms with Crippen LogP contribution in [0.3, 0.4) is 0 Å². The second-order valence-corrected chi connectivity index (χ2v) is 8.61. The number of carbonyl (C=O) groups excluding carboxylic acids is 1. The zero-order valence-electron chi connectivity index (χ0n) is 14.0. The molecule has 5 nitrogen and oxygen atoms in total. The Balaban J connectivity index is 1.65. The third-order valence-electron chi connectivity index (χ3n) is 4.98. The van der Waals surface area contributed by atoms with E-state index in [1.165, 1.54) is 10.7 Å². The van der Waals surface area contributed by atoms with Crippen LogP contribution < -0.4 is 0 Å². The minimum Gasteiger partial charge on any atom is -0.340 e. The Morgan fingerprint density at radius 1 is 0.920 bits per heavy atom. The maximum Gasteiger partial charge on any atom is 0.243 e. The molecule has 1 aliphatic heterocycles. The van der Waals surface area contributed by atoms with Crippen molar-refractivity contribution in [3.8, 4) is 0 Å². The molecular formula is C17H22F2N2O3S. The van der Waals surface area contributed by atoms with Gasteiger partial charge in [0.25, 0.3) is 0 Å². The Morgan fingerprint density at radius 2 is 1.48 bits per heavy atom. The Hall–Kier alpha value is -1.54. The lowest BCUT2D eigenvalue weighted by Crippen LogP contribution is -2.52. The molecule has 0 atom stereocenters. The Kier molecular flexibility index (Phi) is 5.38. The van der Waals surface area contributed by atoms with Crippen molar-refractivity contribution in [2.24, 2.45) is 5.92 Å². The largest absolute Gasteiger partial charge is 0.340 e. The van der Waals surface area contributed by atoms with Crippen LogP contribution in [0.5, 0.6) is 0 Å². The van der Waals surface area contributed by atoms with E-state index in [0.29, 0.717) is 19.2 Å². The number of nitrogens with zero attached hydrogens (tertiary/aromatic N) is 2. The van der Waals surface area contributed by atoms with Gasteiger partial charge in [0.05, 0.1) is 4.90 Å². The third kappa shape index (κ3) is 4.00. The van der Waals surface area contributed by atoms with Crippen molar-refractivity contribution in [2.45, 2.75) is 37.0 Å². The fourth-order valence-electron chi connectivity index (χ4n) is 3.58. The van der Waals surface area contributed by atoms with Crippen molar-refractivity contribution in [1.82, 2.24) is 9.21 Å².